The Kier molecular flexibility index (Phi) is 9.65. The number of rotatable bonds is 7. The molecule has 1 aromatic rings. The minimum atomic E-state index is -0.809. The second kappa shape index (κ2) is 11.2. The molecule has 1 N–H and O–H groups in total. The van der Waals surface area contributed by atoms with Crippen LogP contribution in [0.15, 0.2) is 12.1 Å². The molecule has 2 rings (SSSR count). The van der Waals surface area contributed by atoms with Crippen molar-refractivity contribution < 1.29 is 23.0 Å². The van der Waals surface area contributed by atoms with Gasteiger partial charge >= 0.3 is 6.09 Å². The predicted octanol–water partition coefficient (Wildman–Crippen LogP) is 3.89. The Balaban J connectivity index is 0.00000338. The van der Waals surface area contributed by atoms with E-state index in [1.54, 1.807) is 4.90 Å². The van der Waals surface area contributed by atoms with E-state index in [1.807, 2.05) is 13.8 Å². The van der Waals surface area contributed by atoms with Gasteiger partial charge in [-0.25, -0.2) is 13.6 Å². The van der Waals surface area contributed by atoms with Crippen LogP contribution in [0, 0.1) is 11.6 Å². The van der Waals surface area contributed by atoms with Crippen molar-refractivity contribution in [1.29, 1.82) is 0 Å². The first-order valence-electron chi connectivity index (χ1n) is 8.82. The van der Waals surface area contributed by atoms with Gasteiger partial charge in [0.2, 0.25) is 0 Å². The number of benzene rings is 1. The molecule has 26 heavy (non-hydrogen) atoms. The number of nitrogens with one attached hydrogen (secondary N) is 1. The molecule has 0 unspecified atom stereocenters. The van der Waals surface area contributed by atoms with Gasteiger partial charge in [-0.3, -0.25) is 0 Å². The molecule has 0 bridgehead atoms. The lowest BCUT2D eigenvalue weighted by atomic mass is 10.1. The van der Waals surface area contributed by atoms with E-state index in [0.717, 1.165) is 25.3 Å². The highest BCUT2D eigenvalue weighted by Crippen LogP contribution is 2.24. The molecule has 1 fully saturated rings. The number of piperazine rings is 1. The first-order valence-corrected chi connectivity index (χ1v) is 8.82. The van der Waals surface area contributed by atoms with E-state index in [9.17, 15) is 13.6 Å². The van der Waals surface area contributed by atoms with Gasteiger partial charge in [0, 0.05) is 25.7 Å². The number of ether oxygens (including phenoxy) is 2. The number of unbranched alkanes of at least 4 members (excludes halogenated alkanes) is 1. The van der Waals surface area contributed by atoms with Gasteiger partial charge in [-0.15, -0.1) is 12.4 Å². The third kappa shape index (κ3) is 5.71. The monoisotopic (exact) mass is 392 g/mol. The normalized spacial score (nSPS) is 16.8. The van der Waals surface area contributed by atoms with Crippen molar-refractivity contribution in [1.82, 2.24) is 10.2 Å². The van der Waals surface area contributed by atoms with E-state index in [-0.39, 0.29) is 29.8 Å². The van der Waals surface area contributed by atoms with Crippen LogP contribution < -0.4 is 10.1 Å². The van der Waals surface area contributed by atoms with Crippen LogP contribution in [0.3, 0.4) is 0 Å². The van der Waals surface area contributed by atoms with Gasteiger partial charge in [-0.1, -0.05) is 20.3 Å². The maximum atomic E-state index is 14.4. The Labute approximate surface area is 159 Å². The molecular formula is C18H27ClF2N2O3. The van der Waals surface area contributed by atoms with Crippen LogP contribution in [0.1, 0.15) is 38.7 Å². The number of hydrogen-bond acceptors (Lipinski definition) is 4. The maximum absolute atomic E-state index is 14.4. The summed E-state index contributed by atoms with van der Waals surface area (Å²) >= 11 is 0. The molecular weight excluding hydrogens is 366 g/mol. The standard InChI is InChI=1S/C18H26F2N2O3.ClH/c1-3-5-10-24-16-7-6-15(19)14(17(16)20)12-25-18(23)22-9-8-21-11-13(22)4-2;/h6-7,13,21H,3-5,8-12H2,1-2H3;1H/t13-;/m1./s1. The molecule has 0 aliphatic carbocycles. The molecule has 1 atom stereocenters. The van der Waals surface area contributed by atoms with Crippen molar-refractivity contribution in [2.75, 3.05) is 26.2 Å². The Bertz CT molecular complexity index is 590. The van der Waals surface area contributed by atoms with E-state index in [0.29, 0.717) is 26.2 Å². The van der Waals surface area contributed by atoms with E-state index in [2.05, 4.69) is 5.32 Å². The fourth-order valence-corrected chi connectivity index (χ4v) is 2.73. The van der Waals surface area contributed by atoms with Crippen molar-refractivity contribution in [3.63, 3.8) is 0 Å². The summed E-state index contributed by atoms with van der Waals surface area (Å²) in [7, 11) is 0. The van der Waals surface area contributed by atoms with Crippen molar-refractivity contribution in [3.05, 3.63) is 29.3 Å². The summed E-state index contributed by atoms with van der Waals surface area (Å²) in [6.07, 6.45) is 1.93. The largest absolute Gasteiger partial charge is 0.491 e. The average molecular weight is 393 g/mol. The number of carbonyl (C=O) groups is 1. The average Bonchev–Trinajstić information content (AvgIpc) is 2.63. The zero-order valence-corrected chi connectivity index (χ0v) is 16.0. The van der Waals surface area contributed by atoms with Crippen molar-refractivity contribution in [2.24, 2.45) is 0 Å². The summed E-state index contributed by atoms with van der Waals surface area (Å²) < 4.78 is 38.9. The molecule has 1 aliphatic heterocycles. The van der Waals surface area contributed by atoms with Gasteiger partial charge < -0.3 is 19.7 Å². The van der Waals surface area contributed by atoms with E-state index in [1.165, 1.54) is 6.07 Å². The fourth-order valence-electron chi connectivity index (χ4n) is 2.73. The van der Waals surface area contributed by atoms with Gasteiger partial charge in [0.25, 0.3) is 0 Å². The first kappa shape index (κ1) is 22.4. The fraction of sp³-hybridized carbons (Fsp3) is 0.611. The quantitative estimate of drug-likeness (QED) is 0.715. The SMILES string of the molecule is CCCCOc1ccc(F)c(COC(=O)N2CCNC[C@H]2CC)c1F.Cl. The number of hydrogen-bond donors (Lipinski definition) is 1. The topological polar surface area (TPSA) is 50.8 Å². The Morgan fingerprint density at radius 3 is 2.81 bits per heavy atom. The number of halogens is 3. The summed E-state index contributed by atoms with van der Waals surface area (Å²) in [6, 6.07) is 2.42. The number of nitrogens with zero attached hydrogens (tertiary/aromatic N) is 1. The van der Waals surface area contributed by atoms with E-state index in [4.69, 9.17) is 9.47 Å². The molecule has 148 valence electrons. The van der Waals surface area contributed by atoms with E-state index < -0.39 is 24.3 Å². The molecule has 1 heterocycles. The van der Waals surface area contributed by atoms with Crippen LogP contribution in [0.4, 0.5) is 13.6 Å². The summed E-state index contributed by atoms with van der Waals surface area (Å²) in [5.41, 5.74) is -0.287. The summed E-state index contributed by atoms with van der Waals surface area (Å²) in [5, 5.41) is 3.21. The lowest BCUT2D eigenvalue weighted by molar-refractivity contribution is 0.0697. The molecule has 1 amide bonds. The zero-order chi connectivity index (χ0) is 18.2. The molecule has 0 spiro atoms. The lowest BCUT2D eigenvalue weighted by Gasteiger charge is -2.34. The van der Waals surface area contributed by atoms with Gasteiger partial charge in [0.15, 0.2) is 11.6 Å². The highest BCUT2D eigenvalue weighted by atomic mass is 35.5. The highest BCUT2D eigenvalue weighted by molar-refractivity contribution is 5.85. The molecule has 1 aliphatic rings. The van der Waals surface area contributed by atoms with Crippen LogP contribution in [0.25, 0.3) is 0 Å². The van der Waals surface area contributed by atoms with Crippen molar-refractivity contribution in [2.45, 2.75) is 45.8 Å². The van der Waals surface area contributed by atoms with Gasteiger partial charge in [0.1, 0.15) is 12.4 Å². The third-order valence-corrected chi connectivity index (χ3v) is 4.30. The Morgan fingerprint density at radius 2 is 2.12 bits per heavy atom. The first-order chi connectivity index (χ1) is 12.1. The zero-order valence-electron chi connectivity index (χ0n) is 15.2. The summed E-state index contributed by atoms with van der Waals surface area (Å²) in [6.45, 7) is 5.76. The van der Waals surface area contributed by atoms with Crippen LogP contribution in [0.5, 0.6) is 5.75 Å². The smallest absolute Gasteiger partial charge is 0.410 e. The number of carbonyl (C=O) groups excluding carboxylic acids is 1. The predicted molar refractivity (Wildman–Crippen MR) is 97.8 cm³/mol. The second-order valence-electron chi connectivity index (χ2n) is 6.05. The van der Waals surface area contributed by atoms with Crippen LogP contribution in [-0.4, -0.2) is 43.3 Å². The molecule has 0 radical (unpaired) electrons. The highest BCUT2D eigenvalue weighted by Gasteiger charge is 2.27. The van der Waals surface area contributed by atoms with Crippen LogP contribution >= 0.6 is 12.4 Å². The molecule has 0 aromatic heterocycles. The molecule has 8 heteroatoms. The molecule has 1 aromatic carbocycles. The summed E-state index contributed by atoms with van der Waals surface area (Å²) in [5.74, 6) is -1.58. The van der Waals surface area contributed by atoms with Gasteiger partial charge in [-0.05, 0) is 25.0 Å². The third-order valence-electron chi connectivity index (χ3n) is 4.30. The Hall–Kier alpha value is -1.60. The van der Waals surface area contributed by atoms with Crippen LogP contribution in [0.2, 0.25) is 0 Å². The van der Waals surface area contributed by atoms with E-state index >= 15 is 0 Å². The maximum Gasteiger partial charge on any atom is 0.410 e. The molecule has 5 nitrogen and oxygen atoms in total. The van der Waals surface area contributed by atoms with Crippen molar-refractivity contribution >= 4 is 18.5 Å². The summed E-state index contributed by atoms with van der Waals surface area (Å²) in [4.78, 5) is 13.9. The van der Waals surface area contributed by atoms with Crippen molar-refractivity contribution in [3.8, 4) is 5.75 Å². The van der Waals surface area contributed by atoms with Gasteiger partial charge in [0.05, 0.1) is 12.2 Å². The number of amides is 1. The minimum absolute atomic E-state index is 0. The lowest BCUT2D eigenvalue weighted by Crippen LogP contribution is -2.53. The second-order valence-corrected chi connectivity index (χ2v) is 6.05. The molecule has 1 saturated heterocycles. The molecule has 0 saturated carbocycles. The van der Waals surface area contributed by atoms with Crippen LogP contribution in [-0.2, 0) is 11.3 Å². The minimum Gasteiger partial charge on any atom is -0.491 e. The van der Waals surface area contributed by atoms with Gasteiger partial charge in [-0.2, -0.15) is 0 Å². The Morgan fingerprint density at radius 1 is 1.35 bits per heavy atom.